The van der Waals surface area contributed by atoms with Gasteiger partial charge in [0.15, 0.2) is 11.4 Å². The molecule has 6 rings (SSSR count). The molecule has 5 nitrogen and oxygen atoms in total. The van der Waals surface area contributed by atoms with Gasteiger partial charge in [-0.15, -0.1) is 11.3 Å². The van der Waals surface area contributed by atoms with Crippen LogP contribution in [0.15, 0.2) is 26.4 Å². The Kier molecular flexibility index (Phi) is 4.46. The van der Waals surface area contributed by atoms with Crippen molar-refractivity contribution in [2.24, 2.45) is 17.1 Å². The van der Waals surface area contributed by atoms with Crippen molar-refractivity contribution < 1.29 is 4.42 Å². The van der Waals surface area contributed by atoms with Crippen LogP contribution >= 0.6 is 38.9 Å². The van der Waals surface area contributed by atoms with Crippen LogP contribution in [0.1, 0.15) is 36.3 Å². The second-order valence-corrected chi connectivity index (χ2v) is 10.1. The number of halogens is 2. The fraction of sp³-hybridized carbons (Fsp3) is 0.474. The highest BCUT2D eigenvalue weighted by molar-refractivity contribution is 9.10. The molecule has 8 heteroatoms. The Morgan fingerprint density at radius 2 is 2.22 bits per heavy atom. The van der Waals surface area contributed by atoms with Crippen molar-refractivity contribution >= 4 is 55.8 Å². The molecule has 3 aliphatic carbocycles. The van der Waals surface area contributed by atoms with Crippen LogP contribution in [0, 0.1) is 11.3 Å². The molecule has 3 heterocycles. The lowest BCUT2D eigenvalue weighted by Gasteiger charge is -2.63. The van der Waals surface area contributed by atoms with Crippen LogP contribution in [0.25, 0.3) is 11.1 Å². The number of furan rings is 1. The number of nitrogens with two attached hydrogens (primary N) is 1. The van der Waals surface area contributed by atoms with Gasteiger partial charge in [0.05, 0.1) is 11.0 Å². The second kappa shape index (κ2) is 6.72. The first-order chi connectivity index (χ1) is 13.0. The molecule has 0 unspecified atom stereocenters. The Morgan fingerprint density at radius 3 is 2.89 bits per heavy atom. The van der Waals surface area contributed by atoms with E-state index in [9.17, 15) is 0 Å². The fourth-order valence-corrected chi connectivity index (χ4v) is 5.90. The van der Waals surface area contributed by atoms with Gasteiger partial charge >= 0.3 is 0 Å². The second-order valence-electron chi connectivity index (χ2n) is 7.94. The quantitative estimate of drug-likeness (QED) is 0.457. The molecule has 1 atom stereocenters. The van der Waals surface area contributed by atoms with E-state index in [0.717, 1.165) is 22.6 Å². The summed E-state index contributed by atoms with van der Waals surface area (Å²) >= 11 is 11.5. The van der Waals surface area contributed by atoms with Gasteiger partial charge in [-0.1, -0.05) is 6.07 Å². The average molecular weight is 468 g/mol. The molecule has 0 aliphatic heterocycles. The number of rotatable bonds is 7. The summed E-state index contributed by atoms with van der Waals surface area (Å²) in [6.45, 7) is 0.664. The SMILES string of the molecule is N[C@H](Cc1oc2c(NCc3cccs3)nc(Cl)nc2c1Br)CC12CC(C1)C2. The third-order valence-corrected chi connectivity index (χ3v) is 7.70. The summed E-state index contributed by atoms with van der Waals surface area (Å²) in [4.78, 5) is 9.89. The summed E-state index contributed by atoms with van der Waals surface area (Å²) in [5.74, 6) is 2.41. The van der Waals surface area contributed by atoms with Crippen molar-refractivity contribution in [2.45, 2.75) is 44.7 Å². The van der Waals surface area contributed by atoms with E-state index >= 15 is 0 Å². The van der Waals surface area contributed by atoms with Crippen LogP contribution in [-0.2, 0) is 13.0 Å². The molecule has 0 radical (unpaired) electrons. The molecule has 3 aliphatic rings. The first-order valence-electron chi connectivity index (χ1n) is 9.18. The van der Waals surface area contributed by atoms with Gasteiger partial charge in [0.1, 0.15) is 11.3 Å². The largest absolute Gasteiger partial charge is 0.454 e. The molecule has 0 spiro atoms. The van der Waals surface area contributed by atoms with E-state index < -0.39 is 0 Å². The van der Waals surface area contributed by atoms with E-state index in [4.69, 9.17) is 21.8 Å². The highest BCUT2D eigenvalue weighted by atomic mass is 79.9. The highest BCUT2D eigenvalue weighted by Crippen LogP contribution is 2.66. The molecule has 0 aromatic carbocycles. The number of hydrogen-bond donors (Lipinski definition) is 2. The van der Waals surface area contributed by atoms with E-state index in [-0.39, 0.29) is 11.3 Å². The number of anilines is 1. The van der Waals surface area contributed by atoms with Crippen LogP contribution in [0.2, 0.25) is 5.28 Å². The summed E-state index contributed by atoms with van der Waals surface area (Å²) in [5.41, 5.74) is 8.29. The van der Waals surface area contributed by atoms with Crippen molar-refractivity contribution in [3.8, 4) is 0 Å². The molecular weight excluding hydrogens is 448 g/mol. The Hall–Kier alpha value is -1.15. The molecule has 3 saturated carbocycles. The van der Waals surface area contributed by atoms with E-state index in [2.05, 4.69) is 42.7 Å². The molecule has 0 amide bonds. The van der Waals surface area contributed by atoms with E-state index in [1.165, 1.54) is 24.1 Å². The smallest absolute Gasteiger partial charge is 0.225 e. The van der Waals surface area contributed by atoms with Crippen LogP contribution < -0.4 is 11.1 Å². The monoisotopic (exact) mass is 466 g/mol. The zero-order valence-electron chi connectivity index (χ0n) is 14.7. The van der Waals surface area contributed by atoms with Gasteiger partial charge in [0, 0.05) is 17.3 Å². The standard InChI is InChI=1S/C19H20BrClN4OS/c20-14-13(4-11(22)8-19-5-10(6-19)7-19)26-16-15(14)24-18(21)25-17(16)23-9-12-2-1-3-27-12/h1-3,10-11H,4-9,22H2,(H,23,24,25)/t10?,11-,19?/m1/s1. The number of fused-ring (bicyclic) bond motifs is 1. The molecule has 142 valence electrons. The van der Waals surface area contributed by atoms with Gasteiger partial charge in [0.2, 0.25) is 5.28 Å². The minimum atomic E-state index is 0.0917. The number of nitrogens with one attached hydrogen (secondary N) is 1. The lowest BCUT2D eigenvalue weighted by molar-refractivity contribution is -0.116. The molecule has 27 heavy (non-hydrogen) atoms. The lowest BCUT2D eigenvalue weighted by Crippen LogP contribution is -2.54. The molecule has 3 aromatic rings. The third kappa shape index (κ3) is 3.28. The molecular formula is C19H20BrClN4OS. The van der Waals surface area contributed by atoms with E-state index in [0.29, 0.717) is 35.3 Å². The molecule has 0 saturated heterocycles. The van der Waals surface area contributed by atoms with Gasteiger partial charge in [-0.05, 0) is 76.0 Å². The van der Waals surface area contributed by atoms with Gasteiger partial charge < -0.3 is 15.5 Å². The van der Waals surface area contributed by atoms with Gasteiger partial charge in [-0.3, -0.25) is 0 Å². The first-order valence-corrected chi connectivity index (χ1v) is 11.2. The zero-order chi connectivity index (χ0) is 18.6. The average Bonchev–Trinajstić information content (AvgIpc) is 3.18. The van der Waals surface area contributed by atoms with E-state index in [1.807, 2.05) is 6.07 Å². The molecule has 3 N–H and O–H groups in total. The minimum Gasteiger partial charge on any atom is -0.454 e. The van der Waals surface area contributed by atoms with Gasteiger partial charge in [-0.2, -0.15) is 4.98 Å². The fourth-order valence-electron chi connectivity index (χ4n) is 4.58. The Labute approximate surface area is 174 Å². The predicted molar refractivity (Wildman–Crippen MR) is 112 cm³/mol. The van der Waals surface area contributed by atoms with Crippen LogP contribution in [0.5, 0.6) is 0 Å². The van der Waals surface area contributed by atoms with Crippen molar-refractivity contribution in [3.05, 3.63) is 37.9 Å². The normalized spacial score (nSPS) is 24.5. The summed E-state index contributed by atoms with van der Waals surface area (Å²) < 4.78 is 6.96. The van der Waals surface area contributed by atoms with Crippen LogP contribution in [0.3, 0.4) is 0 Å². The lowest BCUT2D eigenvalue weighted by atomic mass is 9.43. The van der Waals surface area contributed by atoms with Crippen LogP contribution in [0.4, 0.5) is 5.82 Å². The van der Waals surface area contributed by atoms with Crippen molar-refractivity contribution in [2.75, 3.05) is 5.32 Å². The van der Waals surface area contributed by atoms with Gasteiger partial charge in [-0.25, -0.2) is 4.98 Å². The maximum Gasteiger partial charge on any atom is 0.225 e. The van der Waals surface area contributed by atoms with Gasteiger partial charge in [0.25, 0.3) is 0 Å². The Balaban J connectivity index is 1.38. The van der Waals surface area contributed by atoms with E-state index in [1.54, 1.807) is 11.3 Å². The first kappa shape index (κ1) is 17.9. The topological polar surface area (TPSA) is 77.0 Å². The predicted octanol–water partition coefficient (Wildman–Crippen LogP) is 5.37. The number of hydrogen-bond acceptors (Lipinski definition) is 6. The highest BCUT2D eigenvalue weighted by Gasteiger charge is 2.56. The third-order valence-electron chi connectivity index (χ3n) is 5.83. The van der Waals surface area contributed by atoms with Crippen molar-refractivity contribution in [1.82, 2.24) is 9.97 Å². The zero-order valence-corrected chi connectivity index (χ0v) is 17.8. The maximum atomic E-state index is 6.45. The summed E-state index contributed by atoms with van der Waals surface area (Å²) in [6.07, 6.45) is 5.84. The molecule has 2 bridgehead atoms. The Bertz CT molecular complexity index is 972. The maximum absolute atomic E-state index is 6.45. The van der Waals surface area contributed by atoms with Crippen LogP contribution in [-0.4, -0.2) is 16.0 Å². The number of aromatic nitrogens is 2. The minimum absolute atomic E-state index is 0.0917. The number of nitrogens with zero attached hydrogens (tertiary/aromatic N) is 2. The van der Waals surface area contributed by atoms with Crippen molar-refractivity contribution in [1.29, 1.82) is 0 Å². The van der Waals surface area contributed by atoms with Crippen molar-refractivity contribution in [3.63, 3.8) is 0 Å². The Morgan fingerprint density at radius 1 is 1.41 bits per heavy atom. The molecule has 3 aromatic heterocycles. The summed E-state index contributed by atoms with van der Waals surface area (Å²) in [6, 6.07) is 4.19. The molecule has 3 fully saturated rings. The summed E-state index contributed by atoms with van der Waals surface area (Å²) in [7, 11) is 0. The summed E-state index contributed by atoms with van der Waals surface area (Å²) in [5, 5.41) is 5.56. The number of thiophene rings is 1.